The van der Waals surface area contributed by atoms with Gasteiger partial charge in [-0.3, -0.25) is 4.99 Å². The molecule has 1 saturated heterocycles. The van der Waals surface area contributed by atoms with Crippen LogP contribution in [0.2, 0.25) is 0 Å². The molecule has 26 heavy (non-hydrogen) atoms. The number of piperidine rings is 1. The van der Waals surface area contributed by atoms with E-state index in [0.29, 0.717) is 18.0 Å². The first-order valence-corrected chi connectivity index (χ1v) is 9.53. The number of aryl methyl sites for hydroxylation is 1. The molecule has 0 spiro atoms. The van der Waals surface area contributed by atoms with E-state index in [4.69, 9.17) is 4.52 Å². The first-order valence-electron chi connectivity index (χ1n) is 9.53. The SMILES string of the molecule is CN=C(NCCCc1nc(C(C)C)no1)NC1CCN(C(C)C)CC1.I. The van der Waals surface area contributed by atoms with Gasteiger partial charge in [0.15, 0.2) is 11.8 Å². The van der Waals surface area contributed by atoms with Crippen molar-refractivity contribution in [1.29, 1.82) is 0 Å². The maximum atomic E-state index is 5.27. The van der Waals surface area contributed by atoms with E-state index in [0.717, 1.165) is 50.2 Å². The van der Waals surface area contributed by atoms with Crippen LogP contribution in [0, 0.1) is 0 Å². The number of nitrogens with zero attached hydrogens (tertiary/aromatic N) is 4. The topological polar surface area (TPSA) is 78.6 Å². The third-order valence-corrected chi connectivity index (χ3v) is 4.68. The van der Waals surface area contributed by atoms with Crippen LogP contribution in [0.1, 0.15) is 64.6 Å². The van der Waals surface area contributed by atoms with Crippen LogP contribution in [-0.4, -0.2) is 59.8 Å². The average Bonchev–Trinajstić information content (AvgIpc) is 3.07. The molecule has 1 fully saturated rings. The van der Waals surface area contributed by atoms with Crippen molar-refractivity contribution in [3.05, 3.63) is 11.7 Å². The number of guanidine groups is 1. The highest BCUT2D eigenvalue weighted by molar-refractivity contribution is 14.0. The van der Waals surface area contributed by atoms with E-state index in [1.165, 1.54) is 12.8 Å². The quantitative estimate of drug-likeness (QED) is 0.272. The number of aliphatic imine (C=N–C) groups is 1. The largest absolute Gasteiger partial charge is 0.356 e. The summed E-state index contributed by atoms with van der Waals surface area (Å²) in [5.41, 5.74) is 0. The van der Waals surface area contributed by atoms with E-state index in [1.807, 2.05) is 7.05 Å². The Morgan fingerprint density at radius 1 is 1.27 bits per heavy atom. The van der Waals surface area contributed by atoms with Crippen LogP contribution in [0.15, 0.2) is 9.52 Å². The minimum Gasteiger partial charge on any atom is -0.356 e. The summed E-state index contributed by atoms with van der Waals surface area (Å²) in [6.07, 6.45) is 4.06. The molecule has 0 atom stereocenters. The molecular formula is C18H35IN6O. The van der Waals surface area contributed by atoms with Crippen LogP contribution >= 0.6 is 24.0 Å². The molecule has 0 saturated carbocycles. The number of halogens is 1. The zero-order valence-corrected chi connectivity index (χ0v) is 19.1. The van der Waals surface area contributed by atoms with E-state index in [9.17, 15) is 0 Å². The van der Waals surface area contributed by atoms with Crippen molar-refractivity contribution in [3.8, 4) is 0 Å². The molecular weight excluding hydrogens is 443 g/mol. The zero-order chi connectivity index (χ0) is 18.2. The van der Waals surface area contributed by atoms with Crippen molar-refractivity contribution in [2.45, 2.75) is 71.4 Å². The molecule has 150 valence electrons. The molecule has 2 rings (SSSR count). The number of likely N-dealkylation sites (tertiary alicyclic amines) is 1. The first-order chi connectivity index (χ1) is 12.0. The predicted molar refractivity (Wildman–Crippen MR) is 116 cm³/mol. The van der Waals surface area contributed by atoms with Crippen LogP contribution in [-0.2, 0) is 6.42 Å². The summed E-state index contributed by atoms with van der Waals surface area (Å²) in [4.78, 5) is 11.3. The van der Waals surface area contributed by atoms with Gasteiger partial charge in [-0.15, -0.1) is 24.0 Å². The van der Waals surface area contributed by atoms with Crippen molar-refractivity contribution in [2.24, 2.45) is 4.99 Å². The van der Waals surface area contributed by atoms with Gasteiger partial charge in [0, 0.05) is 51.1 Å². The maximum absolute atomic E-state index is 5.27. The number of hydrogen-bond acceptors (Lipinski definition) is 5. The summed E-state index contributed by atoms with van der Waals surface area (Å²) in [5.74, 6) is 2.69. The van der Waals surface area contributed by atoms with Gasteiger partial charge >= 0.3 is 0 Å². The Balaban J connectivity index is 0.00000338. The van der Waals surface area contributed by atoms with Gasteiger partial charge in [0.2, 0.25) is 5.89 Å². The number of rotatable bonds is 7. The monoisotopic (exact) mass is 478 g/mol. The standard InChI is InChI=1S/C18H34N6O.HI/c1-13(2)17-22-16(25-23-17)7-6-10-20-18(19-5)21-15-8-11-24(12-9-15)14(3)4;/h13-15H,6-12H2,1-5H3,(H2,19,20,21);1H. The second-order valence-electron chi connectivity index (χ2n) is 7.35. The van der Waals surface area contributed by atoms with Crippen molar-refractivity contribution < 1.29 is 4.52 Å². The summed E-state index contributed by atoms with van der Waals surface area (Å²) < 4.78 is 5.27. The Labute approximate surface area is 174 Å². The minimum absolute atomic E-state index is 0. The average molecular weight is 478 g/mol. The molecule has 1 aliphatic rings. The Kier molecular flexibility index (Phi) is 10.4. The fourth-order valence-electron chi connectivity index (χ4n) is 3.00. The first kappa shape index (κ1) is 23.1. The van der Waals surface area contributed by atoms with Gasteiger partial charge in [0.1, 0.15) is 0 Å². The van der Waals surface area contributed by atoms with Gasteiger partial charge in [-0.25, -0.2) is 0 Å². The summed E-state index contributed by atoms with van der Waals surface area (Å²) in [6, 6.07) is 1.14. The van der Waals surface area contributed by atoms with Gasteiger partial charge < -0.3 is 20.1 Å². The highest BCUT2D eigenvalue weighted by Gasteiger charge is 2.21. The van der Waals surface area contributed by atoms with E-state index in [2.05, 4.69) is 58.4 Å². The summed E-state index contributed by atoms with van der Waals surface area (Å²) in [7, 11) is 1.82. The van der Waals surface area contributed by atoms with E-state index in [1.54, 1.807) is 0 Å². The molecule has 8 heteroatoms. The van der Waals surface area contributed by atoms with Gasteiger partial charge in [-0.1, -0.05) is 19.0 Å². The van der Waals surface area contributed by atoms with E-state index >= 15 is 0 Å². The molecule has 2 N–H and O–H groups in total. The minimum atomic E-state index is 0. The van der Waals surface area contributed by atoms with Crippen molar-refractivity contribution in [1.82, 2.24) is 25.7 Å². The molecule has 0 bridgehead atoms. The molecule has 7 nitrogen and oxygen atoms in total. The highest BCUT2D eigenvalue weighted by Crippen LogP contribution is 2.13. The van der Waals surface area contributed by atoms with Gasteiger partial charge in [-0.05, 0) is 33.1 Å². The lowest BCUT2D eigenvalue weighted by Gasteiger charge is -2.35. The van der Waals surface area contributed by atoms with Crippen molar-refractivity contribution in [2.75, 3.05) is 26.7 Å². The third kappa shape index (κ3) is 7.38. The molecule has 0 amide bonds. The Hall–Kier alpha value is -0.900. The summed E-state index contributed by atoms with van der Waals surface area (Å²) >= 11 is 0. The number of hydrogen-bond donors (Lipinski definition) is 2. The molecule has 0 aliphatic carbocycles. The number of nitrogens with one attached hydrogen (secondary N) is 2. The van der Waals surface area contributed by atoms with Gasteiger partial charge in [0.25, 0.3) is 0 Å². The lowest BCUT2D eigenvalue weighted by molar-refractivity contribution is 0.167. The molecule has 0 unspecified atom stereocenters. The van der Waals surface area contributed by atoms with Gasteiger partial charge in [-0.2, -0.15) is 4.98 Å². The van der Waals surface area contributed by atoms with Crippen LogP contribution in [0.3, 0.4) is 0 Å². The zero-order valence-electron chi connectivity index (χ0n) is 16.8. The van der Waals surface area contributed by atoms with Crippen molar-refractivity contribution >= 4 is 29.9 Å². The Morgan fingerprint density at radius 3 is 2.50 bits per heavy atom. The maximum Gasteiger partial charge on any atom is 0.226 e. The second-order valence-corrected chi connectivity index (χ2v) is 7.35. The fraction of sp³-hybridized carbons (Fsp3) is 0.833. The lowest BCUT2D eigenvalue weighted by Crippen LogP contribution is -2.50. The Bertz CT molecular complexity index is 538. The normalized spacial score (nSPS) is 16.8. The highest BCUT2D eigenvalue weighted by atomic mass is 127. The fourth-order valence-corrected chi connectivity index (χ4v) is 3.00. The van der Waals surface area contributed by atoms with Crippen LogP contribution in [0.5, 0.6) is 0 Å². The predicted octanol–water partition coefficient (Wildman–Crippen LogP) is 2.78. The molecule has 0 radical (unpaired) electrons. The number of aromatic nitrogens is 2. The molecule has 0 aromatic carbocycles. The molecule has 1 aromatic heterocycles. The van der Waals surface area contributed by atoms with E-state index < -0.39 is 0 Å². The van der Waals surface area contributed by atoms with Gasteiger partial charge in [0.05, 0.1) is 0 Å². The molecule has 1 aromatic rings. The summed E-state index contributed by atoms with van der Waals surface area (Å²) in [5, 5.41) is 10.9. The van der Waals surface area contributed by atoms with E-state index in [-0.39, 0.29) is 24.0 Å². The summed E-state index contributed by atoms with van der Waals surface area (Å²) in [6.45, 7) is 11.8. The lowest BCUT2D eigenvalue weighted by atomic mass is 10.0. The smallest absolute Gasteiger partial charge is 0.226 e. The van der Waals surface area contributed by atoms with Crippen LogP contribution < -0.4 is 10.6 Å². The Morgan fingerprint density at radius 2 is 1.96 bits per heavy atom. The second kappa shape index (κ2) is 11.7. The molecule has 2 heterocycles. The van der Waals surface area contributed by atoms with Crippen molar-refractivity contribution in [3.63, 3.8) is 0 Å². The van der Waals surface area contributed by atoms with Crippen LogP contribution in [0.25, 0.3) is 0 Å². The molecule has 1 aliphatic heterocycles. The van der Waals surface area contributed by atoms with Crippen LogP contribution in [0.4, 0.5) is 0 Å². The third-order valence-electron chi connectivity index (χ3n) is 4.68.